The van der Waals surface area contributed by atoms with Gasteiger partial charge in [-0.05, 0) is 62.6 Å². The van der Waals surface area contributed by atoms with Gasteiger partial charge in [-0.3, -0.25) is 4.79 Å². The van der Waals surface area contributed by atoms with Crippen LogP contribution in [-0.2, 0) is 10.0 Å². The fourth-order valence-electron chi connectivity index (χ4n) is 4.01. The minimum Gasteiger partial charge on any atom is -0.349 e. The molecule has 0 heterocycles. The molecule has 0 spiro atoms. The van der Waals surface area contributed by atoms with Crippen molar-refractivity contribution in [3.8, 4) is 0 Å². The third-order valence-corrected chi connectivity index (χ3v) is 7.74. The Balaban J connectivity index is 1.83. The molecule has 2 fully saturated rings. The monoisotopic (exact) mass is 390 g/mol. The minimum absolute atomic E-state index is 0.0866. The van der Waals surface area contributed by atoms with Crippen LogP contribution in [0.2, 0.25) is 0 Å². The average Bonchev–Trinajstić information content (AvgIpc) is 3.51. The second-order valence-corrected chi connectivity index (χ2v) is 9.52. The summed E-state index contributed by atoms with van der Waals surface area (Å²) >= 11 is 0. The molecule has 3 rings (SSSR count). The molecule has 1 aromatic carbocycles. The summed E-state index contributed by atoms with van der Waals surface area (Å²) in [6.45, 7) is 6.14. The Hall–Kier alpha value is -1.66. The highest BCUT2D eigenvalue weighted by Gasteiger charge is 2.43. The van der Waals surface area contributed by atoms with Gasteiger partial charge in [0.15, 0.2) is 0 Å². The summed E-state index contributed by atoms with van der Waals surface area (Å²) in [7, 11) is -3.61. The van der Waals surface area contributed by atoms with Crippen molar-refractivity contribution >= 4 is 15.9 Å². The van der Waals surface area contributed by atoms with Crippen LogP contribution in [0.25, 0.3) is 0 Å². The SMILES string of the molecule is C=CCNC(=O)c1cccc(S(=O)(=O)N(C2CCC(CC)CC2)C2CC2)c1. The Morgan fingerprint density at radius 3 is 2.37 bits per heavy atom. The molecule has 2 aliphatic rings. The smallest absolute Gasteiger partial charge is 0.251 e. The number of carbonyl (C=O) groups is 1. The Morgan fingerprint density at radius 2 is 1.81 bits per heavy atom. The van der Waals surface area contributed by atoms with Crippen LogP contribution in [0.3, 0.4) is 0 Å². The maximum atomic E-state index is 13.4. The summed E-state index contributed by atoms with van der Waals surface area (Å²) in [5.41, 5.74) is 0.364. The average molecular weight is 391 g/mol. The lowest BCUT2D eigenvalue weighted by molar-refractivity contribution is 0.0958. The topological polar surface area (TPSA) is 66.5 Å². The van der Waals surface area contributed by atoms with E-state index in [-0.39, 0.29) is 22.9 Å². The second-order valence-electron chi connectivity index (χ2n) is 7.68. The minimum atomic E-state index is -3.61. The van der Waals surface area contributed by atoms with Crippen molar-refractivity contribution in [1.29, 1.82) is 0 Å². The van der Waals surface area contributed by atoms with E-state index < -0.39 is 10.0 Å². The Kier molecular flexibility index (Phi) is 6.37. The molecule has 0 aromatic heterocycles. The van der Waals surface area contributed by atoms with Gasteiger partial charge in [0.25, 0.3) is 5.91 Å². The van der Waals surface area contributed by atoms with Crippen molar-refractivity contribution in [1.82, 2.24) is 9.62 Å². The van der Waals surface area contributed by atoms with E-state index in [2.05, 4.69) is 18.8 Å². The van der Waals surface area contributed by atoms with E-state index in [1.165, 1.54) is 12.5 Å². The van der Waals surface area contributed by atoms with Crippen LogP contribution in [0, 0.1) is 5.92 Å². The van der Waals surface area contributed by atoms with Crippen LogP contribution in [0.1, 0.15) is 62.2 Å². The fraction of sp³-hybridized carbons (Fsp3) is 0.571. The number of amides is 1. The molecule has 5 nitrogen and oxygen atoms in total. The molecular formula is C21H30N2O3S. The predicted molar refractivity (Wildman–Crippen MR) is 107 cm³/mol. The molecule has 0 bridgehead atoms. The molecule has 148 valence electrons. The van der Waals surface area contributed by atoms with Crippen LogP contribution >= 0.6 is 0 Å². The van der Waals surface area contributed by atoms with Crippen molar-refractivity contribution in [3.05, 3.63) is 42.5 Å². The Labute approximate surface area is 162 Å². The highest BCUT2D eigenvalue weighted by Crippen LogP contribution is 2.39. The molecule has 2 saturated carbocycles. The normalized spacial score (nSPS) is 23.2. The zero-order valence-electron chi connectivity index (χ0n) is 16.1. The fourth-order valence-corrected chi connectivity index (χ4v) is 5.99. The highest BCUT2D eigenvalue weighted by atomic mass is 32.2. The van der Waals surface area contributed by atoms with Crippen molar-refractivity contribution < 1.29 is 13.2 Å². The van der Waals surface area contributed by atoms with Crippen LogP contribution in [0.5, 0.6) is 0 Å². The largest absolute Gasteiger partial charge is 0.349 e. The summed E-state index contributed by atoms with van der Waals surface area (Å²) in [5, 5.41) is 2.70. The predicted octanol–water partition coefficient (Wildman–Crippen LogP) is 3.72. The van der Waals surface area contributed by atoms with Crippen molar-refractivity contribution in [2.24, 2.45) is 5.92 Å². The van der Waals surface area contributed by atoms with Crippen LogP contribution in [0.15, 0.2) is 41.8 Å². The van der Waals surface area contributed by atoms with Gasteiger partial charge >= 0.3 is 0 Å². The summed E-state index contributed by atoms with van der Waals surface area (Å²) in [6.07, 6.45) is 8.72. The van der Waals surface area contributed by atoms with E-state index in [1.54, 1.807) is 28.6 Å². The lowest BCUT2D eigenvalue weighted by Crippen LogP contribution is -2.43. The van der Waals surface area contributed by atoms with E-state index in [4.69, 9.17) is 0 Å². The Bertz CT molecular complexity index is 778. The number of hydrogen-bond donors (Lipinski definition) is 1. The van der Waals surface area contributed by atoms with E-state index in [9.17, 15) is 13.2 Å². The van der Waals surface area contributed by atoms with Gasteiger partial charge in [-0.15, -0.1) is 6.58 Å². The lowest BCUT2D eigenvalue weighted by Gasteiger charge is -2.36. The first kappa shape index (κ1) is 20.1. The number of nitrogens with zero attached hydrogens (tertiary/aromatic N) is 1. The number of carbonyl (C=O) groups excluding carboxylic acids is 1. The first-order chi connectivity index (χ1) is 13.0. The van der Waals surface area contributed by atoms with Crippen molar-refractivity contribution in [2.75, 3.05) is 6.54 Å². The molecule has 1 aromatic rings. The highest BCUT2D eigenvalue weighted by molar-refractivity contribution is 7.89. The van der Waals surface area contributed by atoms with E-state index >= 15 is 0 Å². The Morgan fingerprint density at radius 1 is 1.19 bits per heavy atom. The first-order valence-electron chi connectivity index (χ1n) is 10.00. The molecule has 2 aliphatic carbocycles. The number of benzene rings is 1. The van der Waals surface area contributed by atoms with Gasteiger partial charge in [0.1, 0.15) is 0 Å². The lowest BCUT2D eigenvalue weighted by atomic mass is 9.84. The molecule has 0 atom stereocenters. The van der Waals surface area contributed by atoms with Crippen LogP contribution < -0.4 is 5.32 Å². The van der Waals surface area contributed by atoms with E-state index in [0.717, 1.165) is 44.4 Å². The zero-order valence-corrected chi connectivity index (χ0v) is 16.9. The molecule has 1 amide bonds. The molecule has 1 N–H and O–H groups in total. The van der Waals surface area contributed by atoms with Gasteiger partial charge in [0.2, 0.25) is 10.0 Å². The van der Waals surface area contributed by atoms with Crippen molar-refractivity contribution in [2.45, 2.75) is 68.8 Å². The van der Waals surface area contributed by atoms with Gasteiger partial charge in [0.05, 0.1) is 4.90 Å². The summed E-state index contributed by atoms with van der Waals surface area (Å²) in [5.74, 6) is 0.440. The second kappa shape index (κ2) is 8.57. The third kappa shape index (κ3) is 4.61. The van der Waals surface area contributed by atoms with E-state index in [1.807, 2.05) is 0 Å². The summed E-state index contributed by atoms with van der Waals surface area (Å²) < 4.78 is 28.6. The summed E-state index contributed by atoms with van der Waals surface area (Å²) in [6, 6.07) is 6.60. The molecular weight excluding hydrogens is 360 g/mol. The zero-order chi connectivity index (χ0) is 19.4. The quantitative estimate of drug-likeness (QED) is 0.688. The third-order valence-electron chi connectivity index (χ3n) is 5.74. The van der Waals surface area contributed by atoms with Gasteiger partial charge in [-0.25, -0.2) is 8.42 Å². The molecule has 0 radical (unpaired) electrons. The molecule has 0 aliphatic heterocycles. The van der Waals surface area contributed by atoms with Gasteiger partial charge in [-0.1, -0.05) is 25.5 Å². The van der Waals surface area contributed by atoms with Gasteiger partial charge < -0.3 is 5.32 Å². The van der Waals surface area contributed by atoms with Crippen LogP contribution in [0.4, 0.5) is 0 Å². The van der Waals surface area contributed by atoms with E-state index in [0.29, 0.717) is 12.1 Å². The van der Waals surface area contributed by atoms with Gasteiger partial charge in [-0.2, -0.15) is 4.31 Å². The van der Waals surface area contributed by atoms with Gasteiger partial charge in [0, 0.05) is 24.2 Å². The molecule has 6 heteroatoms. The number of nitrogens with one attached hydrogen (secondary N) is 1. The maximum Gasteiger partial charge on any atom is 0.251 e. The molecule has 27 heavy (non-hydrogen) atoms. The van der Waals surface area contributed by atoms with Crippen molar-refractivity contribution in [3.63, 3.8) is 0 Å². The molecule has 0 saturated heterocycles. The molecule has 0 unspecified atom stereocenters. The van der Waals surface area contributed by atoms with Crippen LogP contribution in [-0.4, -0.2) is 37.3 Å². The number of rotatable bonds is 8. The number of sulfonamides is 1. The maximum absolute atomic E-state index is 13.4. The standard InChI is InChI=1S/C21H30N2O3S/c1-3-14-22-21(24)17-6-5-7-20(15-17)27(25,26)23(19-12-13-19)18-10-8-16(4-2)9-11-18/h3,5-7,15-16,18-19H,1,4,8-14H2,2H3,(H,22,24). The first-order valence-corrected chi connectivity index (χ1v) is 11.4. The summed E-state index contributed by atoms with van der Waals surface area (Å²) in [4.78, 5) is 12.4. The number of hydrogen-bond acceptors (Lipinski definition) is 3.